The first-order chi connectivity index (χ1) is 9.04. The van der Waals surface area contributed by atoms with Gasteiger partial charge in [-0.05, 0) is 24.3 Å². The average molecular weight is 283 g/mol. The molecule has 1 heterocycles. The Bertz CT molecular complexity index is 418. The molecule has 0 saturated carbocycles. The van der Waals surface area contributed by atoms with Gasteiger partial charge in [-0.1, -0.05) is 18.1 Å². The first-order valence-electron chi connectivity index (χ1n) is 6.28. The minimum Gasteiger partial charge on any atom is -0.409 e. The largest absolute Gasteiger partial charge is 0.409 e. The van der Waals surface area contributed by atoms with Gasteiger partial charge in [0.25, 0.3) is 0 Å². The summed E-state index contributed by atoms with van der Waals surface area (Å²) in [5.74, 6) is 0.101. The lowest BCUT2D eigenvalue weighted by atomic mass is 10.1. The summed E-state index contributed by atoms with van der Waals surface area (Å²) in [5.41, 5.74) is 5.49. The summed E-state index contributed by atoms with van der Waals surface area (Å²) in [6.45, 7) is 2.29. The predicted octanol–water partition coefficient (Wildman–Crippen LogP) is 1.91. The van der Waals surface area contributed by atoms with Gasteiger partial charge in [0, 0.05) is 30.8 Å². The Morgan fingerprint density at radius 2 is 2.37 bits per heavy atom. The molecule has 1 rings (SSSR count). The summed E-state index contributed by atoms with van der Waals surface area (Å²) >= 11 is 1.72. The third-order valence-corrected chi connectivity index (χ3v) is 3.92. The summed E-state index contributed by atoms with van der Waals surface area (Å²) in [6.07, 6.45) is 2.31. The Morgan fingerprint density at radius 1 is 1.63 bits per heavy atom. The molecule has 1 aromatic heterocycles. The van der Waals surface area contributed by atoms with Gasteiger partial charge in [-0.2, -0.15) is 0 Å². The molecule has 106 valence electrons. The van der Waals surface area contributed by atoms with Gasteiger partial charge in [0.2, 0.25) is 5.91 Å². The number of carbonyl (C=O) groups excluding carboxylic acids is 1. The quantitative estimate of drug-likeness (QED) is 0.347. The lowest BCUT2D eigenvalue weighted by molar-refractivity contribution is -0.130. The SMILES string of the molecule is CC(CN(C)C(=O)CCCc1cccs1)/C(N)=N/O. The summed E-state index contributed by atoms with van der Waals surface area (Å²) in [7, 11) is 1.74. The van der Waals surface area contributed by atoms with Gasteiger partial charge >= 0.3 is 0 Å². The van der Waals surface area contributed by atoms with Crippen molar-refractivity contribution in [2.45, 2.75) is 26.2 Å². The van der Waals surface area contributed by atoms with Crippen molar-refractivity contribution in [1.29, 1.82) is 0 Å². The zero-order valence-corrected chi connectivity index (χ0v) is 12.2. The number of thiophene rings is 1. The number of rotatable bonds is 7. The van der Waals surface area contributed by atoms with E-state index in [4.69, 9.17) is 10.9 Å². The highest BCUT2D eigenvalue weighted by molar-refractivity contribution is 7.09. The second-order valence-electron chi connectivity index (χ2n) is 4.63. The third-order valence-electron chi connectivity index (χ3n) is 2.99. The van der Waals surface area contributed by atoms with Crippen molar-refractivity contribution in [1.82, 2.24) is 4.90 Å². The second kappa shape index (κ2) is 7.78. The van der Waals surface area contributed by atoms with Crippen LogP contribution in [0.1, 0.15) is 24.6 Å². The highest BCUT2D eigenvalue weighted by Gasteiger charge is 2.15. The Kier molecular flexibility index (Phi) is 6.35. The molecule has 0 aromatic carbocycles. The van der Waals surface area contributed by atoms with Crippen LogP contribution in [0.3, 0.4) is 0 Å². The molecule has 0 saturated heterocycles. The molecule has 0 fully saturated rings. The number of amides is 1. The summed E-state index contributed by atoms with van der Waals surface area (Å²) in [4.78, 5) is 14.8. The summed E-state index contributed by atoms with van der Waals surface area (Å²) in [6, 6.07) is 4.10. The fraction of sp³-hybridized carbons (Fsp3) is 0.538. The number of nitrogens with two attached hydrogens (primary N) is 1. The van der Waals surface area contributed by atoms with E-state index in [1.807, 2.05) is 18.4 Å². The highest BCUT2D eigenvalue weighted by atomic mass is 32.1. The van der Waals surface area contributed by atoms with Crippen LogP contribution in [0.5, 0.6) is 0 Å². The van der Waals surface area contributed by atoms with E-state index < -0.39 is 0 Å². The fourth-order valence-corrected chi connectivity index (χ4v) is 2.52. The van der Waals surface area contributed by atoms with E-state index >= 15 is 0 Å². The molecule has 0 aliphatic heterocycles. The van der Waals surface area contributed by atoms with Crippen LogP contribution in [0, 0.1) is 5.92 Å². The molecule has 0 radical (unpaired) electrons. The van der Waals surface area contributed by atoms with Gasteiger partial charge in [0.15, 0.2) is 0 Å². The molecule has 1 unspecified atom stereocenters. The lowest BCUT2D eigenvalue weighted by Crippen LogP contribution is -2.36. The number of hydrogen-bond donors (Lipinski definition) is 2. The Balaban J connectivity index is 2.28. The van der Waals surface area contributed by atoms with E-state index in [1.165, 1.54) is 4.88 Å². The number of amidine groups is 1. The van der Waals surface area contributed by atoms with Crippen LogP contribution in [0.25, 0.3) is 0 Å². The molecule has 5 nitrogen and oxygen atoms in total. The molecule has 0 aliphatic rings. The monoisotopic (exact) mass is 283 g/mol. The molecule has 0 aliphatic carbocycles. The van der Waals surface area contributed by atoms with Gasteiger partial charge < -0.3 is 15.8 Å². The van der Waals surface area contributed by atoms with Crippen LogP contribution >= 0.6 is 11.3 Å². The first-order valence-corrected chi connectivity index (χ1v) is 7.16. The van der Waals surface area contributed by atoms with Crippen LogP contribution in [0.2, 0.25) is 0 Å². The maximum atomic E-state index is 11.9. The first kappa shape index (κ1) is 15.5. The van der Waals surface area contributed by atoms with E-state index in [9.17, 15) is 4.79 Å². The van der Waals surface area contributed by atoms with Crippen molar-refractivity contribution in [3.63, 3.8) is 0 Å². The van der Waals surface area contributed by atoms with Gasteiger partial charge in [-0.3, -0.25) is 4.79 Å². The lowest BCUT2D eigenvalue weighted by Gasteiger charge is -2.20. The normalized spacial score (nSPS) is 13.3. The van der Waals surface area contributed by atoms with Crippen LogP contribution in [-0.2, 0) is 11.2 Å². The van der Waals surface area contributed by atoms with E-state index in [-0.39, 0.29) is 17.7 Å². The molecule has 1 amide bonds. The average Bonchev–Trinajstić information content (AvgIpc) is 2.90. The Labute approximate surface area is 117 Å². The minimum atomic E-state index is -0.142. The standard InChI is InChI=1S/C13H21N3O2S/c1-10(13(14)15-18)9-16(2)12(17)7-3-5-11-6-4-8-19-11/h4,6,8,10,18H,3,5,7,9H2,1-2H3,(H2,14,15). The van der Waals surface area contributed by atoms with Crippen molar-refractivity contribution in [3.8, 4) is 0 Å². The van der Waals surface area contributed by atoms with Gasteiger partial charge in [0.05, 0.1) is 0 Å². The van der Waals surface area contributed by atoms with Gasteiger partial charge in [0.1, 0.15) is 5.84 Å². The highest BCUT2D eigenvalue weighted by Crippen LogP contribution is 2.12. The van der Waals surface area contributed by atoms with E-state index in [0.717, 1.165) is 12.8 Å². The molecule has 19 heavy (non-hydrogen) atoms. The minimum absolute atomic E-state index is 0.0918. The number of hydrogen-bond acceptors (Lipinski definition) is 4. The smallest absolute Gasteiger partial charge is 0.222 e. The summed E-state index contributed by atoms with van der Waals surface area (Å²) < 4.78 is 0. The molecule has 3 N–H and O–H groups in total. The molecule has 1 aromatic rings. The maximum absolute atomic E-state index is 11.9. The van der Waals surface area contributed by atoms with Crippen molar-refractivity contribution in [2.75, 3.05) is 13.6 Å². The van der Waals surface area contributed by atoms with Gasteiger partial charge in [-0.25, -0.2) is 0 Å². The third kappa shape index (κ3) is 5.30. The van der Waals surface area contributed by atoms with E-state index in [1.54, 1.807) is 23.3 Å². The number of nitrogens with zero attached hydrogens (tertiary/aromatic N) is 2. The molecule has 0 bridgehead atoms. The Morgan fingerprint density at radius 3 is 2.95 bits per heavy atom. The molecular formula is C13H21N3O2S. The van der Waals surface area contributed by atoms with Crippen LogP contribution in [-0.4, -0.2) is 35.4 Å². The number of carbonyl (C=O) groups is 1. The number of oxime groups is 1. The van der Waals surface area contributed by atoms with Crippen LogP contribution in [0.15, 0.2) is 22.7 Å². The Hall–Kier alpha value is -1.56. The van der Waals surface area contributed by atoms with Crippen molar-refractivity contribution < 1.29 is 10.0 Å². The van der Waals surface area contributed by atoms with Crippen molar-refractivity contribution in [2.24, 2.45) is 16.8 Å². The molecule has 1 atom stereocenters. The molecular weight excluding hydrogens is 262 g/mol. The van der Waals surface area contributed by atoms with Crippen molar-refractivity contribution in [3.05, 3.63) is 22.4 Å². The van der Waals surface area contributed by atoms with Crippen molar-refractivity contribution >= 4 is 23.1 Å². The molecule has 0 spiro atoms. The zero-order valence-electron chi connectivity index (χ0n) is 11.4. The topological polar surface area (TPSA) is 78.9 Å². The molecule has 6 heteroatoms. The second-order valence-corrected chi connectivity index (χ2v) is 5.67. The fourth-order valence-electron chi connectivity index (χ4n) is 1.76. The van der Waals surface area contributed by atoms with Crippen LogP contribution in [0.4, 0.5) is 0 Å². The van der Waals surface area contributed by atoms with Gasteiger partial charge in [-0.15, -0.1) is 11.3 Å². The zero-order chi connectivity index (χ0) is 14.3. The number of aryl methyl sites for hydroxylation is 1. The van der Waals surface area contributed by atoms with Crippen LogP contribution < -0.4 is 5.73 Å². The van der Waals surface area contributed by atoms with E-state index in [2.05, 4.69) is 11.2 Å². The van der Waals surface area contributed by atoms with E-state index in [0.29, 0.717) is 13.0 Å². The maximum Gasteiger partial charge on any atom is 0.222 e. The summed E-state index contributed by atoms with van der Waals surface area (Å²) in [5, 5.41) is 13.6. The predicted molar refractivity (Wildman–Crippen MR) is 77.5 cm³/mol.